The molecule has 0 unspecified atom stereocenters. The van der Waals surface area contributed by atoms with Crippen LogP contribution in [0.1, 0.15) is 0 Å². The fourth-order valence-electron chi connectivity index (χ4n) is 1.90. The number of rotatable bonds is 0. The lowest BCUT2D eigenvalue weighted by Crippen LogP contribution is -3.00. The largest absolute Gasteiger partial charge is 1.00 e. The van der Waals surface area contributed by atoms with Crippen LogP contribution in [0.25, 0.3) is 0 Å². The van der Waals surface area contributed by atoms with E-state index in [1.807, 2.05) is 23.5 Å². The lowest BCUT2D eigenvalue weighted by atomic mass is 10.8. The average Bonchev–Trinajstić information content (AvgIpc) is 2.72. The smallest absolute Gasteiger partial charge is 0.321 e. The molecule has 3 rings (SSSR count). The number of aryl methyl sites for hydroxylation is 2. The zero-order valence-electron chi connectivity index (χ0n) is 10.1. The molecule has 0 fully saturated rings. The summed E-state index contributed by atoms with van der Waals surface area (Å²) in [6.07, 6.45) is 8.51. The molecule has 100 valence electrons. The Morgan fingerprint density at radius 2 is 1.39 bits per heavy atom. The predicted octanol–water partition coefficient (Wildman–Crippen LogP) is -5.39. The highest BCUT2D eigenvalue weighted by atomic mass is 35.5. The van der Waals surface area contributed by atoms with Gasteiger partial charge in [-0.2, -0.15) is 9.13 Å². The molecule has 1 aliphatic rings. The summed E-state index contributed by atoms with van der Waals surface area (Å²) in [5, 5.41) is 3.68. The molecule has 0 aromatic carbocycles. The van der Waals surface area contributed by atoms with Crippen molar-refractivity contribution in [1.82, 2.24) is 9.13 Å². The summed E-state index contributed by atoms with van der Waals surface area (Å²) >= 11 is 3.79. The fourth-order valence-corrected chi connectivity index (χ4v) is 4.08. The molecule has 0 spiro atoms. The molecule has 4 nitrogen and oxygen atoms in total. The van der Waals surface area contributed by atoms with Gasteiger partial charge in [0.2, 0.25) is 6.67 Å². The van der Waals surface area contributed by atoms with Gasteiger partial charge in [-0.15, -0.1) is 0 Å². The molecule has 0 amide bonds. The van der Waals surface area contributed by atoms with E-state index in [1.165, 1.54) is 10.3 Å². The Kier molecular flexibility index (Phi) is 5.46. The van der Waals surface area contributed by atoms with Gasteiger partial charge in [0.05, 0.1) is 19.2 Å². The van der Waals surface area contributed by atoms with Gasteiger partial charge >= 0.3 is 10.3 Å². The molecule has 0 bridgehead atoms. The molecule has 8 heteroatoms. The van der Waals surface area contributed by atoms with Crippen molar-refractivity contribution >= 4 is 23.5 Å². The van der Waals surface area contributed by atoms with Gasteiger partial charge in [-0.05, 0) is 23.5 Å². The molecule has 2 aromatic rings. The normalized spacial score (nSPS) is 13.4. The minimum atomic E-state index is 0. The average molecular weight is 325 g/mol. The van der Waals surface area contributed by atoms with Crippen LogP contribution in [0.2, 0.25) is 0 Å². The summed E-state index contributed by atoms with van der Waals surface area (Å²) in [6, 6.07) is 0. The highest BCUT2D eigenvalue weighted by Gasteiger charge is 2.25. The second-order valence-electron chi connectivity index (χ2n) is 3.87. The quantitative estimate of drug-likeness (QED) is 0.450. The van der Waals surface area contributed by atoms with E-state index in [9.17, 15) is 0 Å². The van der Waals surface area contributed by atoms with Crippen LogP contribution in [0.4, 0.5) is 0 Å². The molecular weight excluding hydrogens is 311 g/mol. The Hall–Kier alpha value is -0.300. The van der Waals surface area contributed by atoms with Crippen LogP contribution in [0.5, 0.6) is 0 Å². The van der Waals surface area contributed by atoms with Gasteiger partial charge < -0.3 is 24.8 Å². The Morgan fingerprint density at radius 1 is 0.944 bits per heavy atom. The molecule has 1 aliphatic heterocycles. The maximum atomic E-state index is 2.29. The van der Waals surface area contributed by atoms with Crippen LogP contribution >= 0.6 is 23.5 Å². The molecule has 0 N–H and O–H groups in total. The first-order chi connectivity index (χ1) is 7.75. The van der Waals surface area contributed by atoms with E-state index in [0.29, 0.717) is 0 Å². The Bertz CT molecular complexity index is 492. The summed E-state index contributed by atoms with van der Waals surface area (Å²) in [5.74, 6) is 0. The van der Waals surface area contributed by atoms with Crippen molar-refractivity contribution < 1.29 is 33.9 Å². The van der Waals surface area contributed by atoms with Gasteiger partial charge in [-0.25, -0.2) is 9.13 Å². The molecular formula is C10H14Cl2N4S2. The van der Waals surface area contributed by atoms with Crippen LogP contribution in [0.3, 0.4) is 0 Å². The minimum Gasteiger partial charge on any atom is -1.00 e. The second kappa shape index (κ2) is 6.23. The number of thioether (sulfide) groups is 2. The van der Waals surface area contributed by atoms with Crippen LogP contribution in [-0.2, 0) is 20.8 Å². The lowest BCUT2D eigenvalue weighted by Gasteiger charge is -2.06. The maximum Gasteiger partial charge on any atom is 0.321 e. The first-order valence-corrected chi connectivity index (χ1v) is 7.08. The van der Waals surface area contributed by atoms with Gasteiger partial charge in [0, 0.05) is 0 Å². The van der Waals surface area contributed by atoms with Gasteiger partial charge in [0.25, 0.3) is 0 Å². The Labute approximate surface area is 127 Å². The maximum absolute atomic E-state index is 2.29. The highest BCUT2D eigenvalue weighted by molar-refractivity contribution is 8.15. The van der Waals surface area contributed by atoms with E-state index >= 15 is 0 Å². The number of nitrogens with zero attached hydrogens (tertiary/aromatic N) is 4. The van der Waals surface area contributed by atoms with Gasteiger partial charge in [-0.1, -0.05) is 0 Å². The van der Waals surface area contributed by atoms with E-state index in [2.05, 4.69) is 57.2 Å². The van der Waals surface area contributed by atoms with Crippen molar-refractivity contribution in [3.05, 3.63) is 24.8 Å². The van der Waals surface area contributed by atoms with Crippen molar-refractivity contribution in [2.24, 2.45) is 14.1 Å². The third kappa shape index (κ3) is 2.66. The summed E-state index contributed by atoms with van der Waals surface area (Å²) in [7, 11) is 4.20. The topological polar surface area (TPSA) is 17.6 Å². The summed E-state index contributed by atoms with van der Waals surface area (Å²) < 4.78 is 8.93. The first-order valence-electron chi connectivity index (χ1n) is 5.11. The zero-order valence-corrected chi connectivity index (χ0v) is 13.2. The summed E-state index contributed by atoms with van der Waals surface area (Å²) in [6.45, 7) is 0.895. The summed E-state index contributed by atoms with van der Waals surface area (Å²) in [4.78, 5) is 0. The van der Waals surface area contributed by atoms with Crippen molar-refractivity contribution in [2.75, 3.05) is 5.08 Å². The lowest BCUT2D eigenvalue weighted by molar-refractivity contribution is -0.711. The monoisotopic (exact) mass is 324 g/mol. The number of aromatic nitrogens is 4. The second-order valence-corrected chi connectivity index (χ2v) is 6.12. The van der Waals surface area contributed by atoms with Crippen LogP contribution in [0.15, 0.2) is 35.1 Å². The number of imidazole rings is 2. The van der Waals surface area contributed by atoms with E-state index in [4.69, 9.17) is 0 Å². The Morgan fingerprint density at radius 3 is 1.83 bits per heavy atom. The molecule has 0 radical (unpaired) electrons. The molecule has 0 saturated carbocycles. The van der Waals surface area contributed by atoms with Crippen LogP contribution in [0, 0.1) is 0 Å². The number of halogens is 2. The Balaban J connectivity index is 0.000000810. The van der Waals surface area contributed by atoms with Gasteiger partial charge in [-0.3, -0.25) is 0 Å². The van der Waals surface area contributed by atoms with Crippen LogP contribution in [-0.4, -0.2) is 14.2 Å². The standard InChI is InChI=1S/C10H14N4S2.2ClH/c1-11-3-5-13-7-14-6-4-12(2)10(14)16-8-15-9(11)13;;/h3-6H,7-8H2,1-2H3;2*1H/q+2;;/p-2. The van der Waals surface area contributed by atoms with Crippen molar-refractivity contribution in [3.8, 4) is 0 Å². The molecule has 0 saturated heterocycles. The third-order valence-electron chi connectivity index (χ3n) is 2.72. The predicted molar refractivity (Wildman–Crippen MR) is 63.2 cm³/mol. The van der Waals surface area contributed by atoms with Crippen molar-refractivity contribution in [2.45, 2.75) is 17.0 Å². The van der Waals surface area contributed by atoms with E-state index in [1.54, 1.807) is 0 Å². The number of hydrogen-bond acceptors (Lipinski definition) is 2. The first kappa shape index (κ1) is 15.8. The third-order valence-corrected chi connectivity index (χ3v) is 5.22. The highest BCUT2D eigenvalue weighted by Crippen LogP contribution is 2.27. The minimum absolute atomic E-state index is 0. The van der Waals surface area contributed by atoms with Gasteiger partial charge in [0.1, 0.15) is 24.8 Å². The van der Waals surface area contributed by atoms with E-state index < -0.39 is 0 Å². The SMILES string of the molecule is C[n+]1ccn2c1SCSc1n(cc[n+]1C)C2.[Cl-].[Cl-]. The molecule has 2 aromatic heterocycles. The zero-order chi connectivity index (χ0) is 11.1. The number of hydrogen-bond donors (Lipinski definition) is 0. The molecule has 0 atom stereocenters. The van der Waals surface area contributed by atoms with Crippen molar-refractivity contribution in [1.29, 1.82) is 0 Å². The van der Waals surface area contributed by atoms with Gasteiger partial charge in [0.15, 0.2) is 0 Å². The molecule has 18 heavy (non-hydrogen) atoms. The molecule has 0 aliphatic carbocycles. The molecule has 3 heterocycles. The van der Waals surface area contributed by atoms with Crippen molar-refractivity contribution in [3.63, 3.8) is 0 Å². The van der Waals surface area contributed by atoms with E-state index in [-0.39, 0.29) is 24.8 Å². The number of fused-ring (bicyclic) bond motifs is 2. The van der Waals surface area contributed by atoms with E-state index in [0.717, 1.165) is 11.8 Å². The fraction of sp³-hybridized carbons (Fsp3) is 0.400. The summed E-state index contributed by atoms with van der Waals surface area (Å²) in [5.41, 5.74) is 0. The van der Waals surface area contributed by atoms with Crippen LogP contribution < -0.4 is 33.9 Å².